The molecule has 0 bridgehead atoms. The van der Waals surface area contributed by atoms with Crippen LogP contribution < -0.4 is 11.1 Å². The summed E-state index contributed by atoms with van der Waals surface area (Å²) in [7, 11) is 0. The number of nitrogens with two attached hydrogens (primary N) is 1. The fourth-order valence-electron chi connectivity index (χ4n) is 1.70. The quantitative estimate of drug-likeness (QED) is 0.321. The molecule has 0 fully saturated rings. The van der Waals surface area contributed by atoms with Crippen molar-refractivity contribution >= 4 is 41.3 Å². The van der Waals surface area contributed by atoms with Gasteiger partial charge < -0.3 is 15.6 Å². The van der Waals surface area contributed by atoms with Crippen molar-refractivity contribution in [2.24, 2.45) is 10.7 Å². The minimum Gasteiger partial charge on any atom is -0.370 e. The first-order chi connectivity index (χ1) is 9.34. The Kier molecular flexibility index (Phi) is 8.28. The number of aliphatic imine (C=N–C) groups is 1. The summed E-state index contributed by atoms with van der Waals surface area (Å²) in [6.07, 6.45) is 7.50. The van der Waals surface area contributed by atoms with E-state index in [1.165, 1.54) is 4.88 Å². The molecule has 0 aliphatic rings. The standard InChI is InChI=1S/C13H19N5S.HI/c14-13(17-6-4-12-3-1-10-19-12)16-5-2-8-18-9-7-15-11-18;/h1,3,7,9-11H,2,4-6,8H2,(H3,14,16,17);1H. The third-order valence-corrected chi connectivity index (χ3v) is 3.61. The molecule has 0 aliphatic heterocycles. The van der Waals surface area contributed by atoms with E-state index in [2.05, 4.69) is 32.8 Å². The average molecular weight is 405 g/mol. The lowest BCUT2D eigenvalue weighted by atomic mass is 10.3. The van der Waals surface area contributed by atoms with E-state index in [1.54, 1.807) is 17.5 Å². The normalized spacial score (nSPS) is 11.1. The molecule has 7 heteroatoms. The van der Waals surface area contributed by atoms with E-state index in [1.807, 2.05) is 17.1 Å². The molecule has 0 radical (unpaired) electrons. The van der Waals surface area contributed by atoms with E-state index in [0.29, 0.717) is 5.96 Å². The number of aryl methyl sites for hydroxylation is 1. The van der Waals surface area contributed by atoms with Gasteiger partial charge in [-0.05, 0) is 24.3 Å². The average Bonchev–Trinajstić information content (AvgIpc) is 3.07. The Morgan fingerprint density at radius 1 is 1.50 bits per heavy atom. The molecule has 2 aromatic rings. The molecule has 20 heavy (non-hydrogen) atoms. The van der Waals surface area contributed by atoms with Crippen LogP contribution >= 0.6 is 35.3 Å². The second kappa shape index (κ2) is 9.76. The van der Waals surface area contributed by atoms with Crippen molar-refractivity contribution < 1.29 is 0 Å². The van der Waals surface area contributed by atoms with E-state index < -0.39 is 0 Å². The summed E-state index contributed by atoms with van der Waals surface area (Å²) in [5, 5.41) is 5.22. The molecule has 0 saturated carbocycles. The Balaban J connectivity index is 0.00000200. The molecule has 0 saturated heterocycles. The first-order valence-corrected chi connectivity index (χ1v) is 7.24. The van der Waals surface area contributed by atoms with Crippen LogP contribution in [0.2, 0.25) is 0 Å². The molecule has 0 atom stereocenters. The van der Waals surface area contributed by atoms with Crippen LogP contribution in [0.5, 0.6) is 0 Å². The predicted octanol–water partition coefficient (Wildman–Crippen LogP) is 2.10. The topological polar surface area (TPSA) is 68.2 Å². The zero-order valence-electron chi connectivity index (χ0n) is 11.2. The molecule has 0 unspecified atom stereocenters. The Hall–Kier alpha value is -1.09. The minimum absolute atomic E-state index is 0. The molecule has 110 valence electrons. The Morgan fingerprint density at radius 3 is 3.10 bits per heavy atom. The molecule has 0 amide bonds. The van der Waals surface area contributed by atoms with Gasteiger partial charge in [0.15, 0.2) is 5.96 Å². The van der Waals surface area contributed by atoms with Gasteiger partial charge >= 0.3 is 0 Å². The van der Waals surface area contributed by atoms with Crippen molar-refractivity contribution in [2.75, 3.05) is 13.1 Å². The second-order valence-electron chi connectivity index (χ2n) is 4.18. The highest BCUT2D eigenvalue weighted by molar-refractivity contribution is 14.0. The van der Waals surface area contributed by atoms with Gasteiger partial charge in [0.05, 0.1) is 6.33 Å². The van der Waals surface area contributed by atoms with Gasteiger partial charge in [-0.2, -0.15) is 0 Å². The molecule has 5 nitrogen and oxygen atoms in total. The Labute approximate surface area is 140 Å². The first kappa shape index (κ1) is 17.0. The summed E-state index contributed by atoms with van der Waals surface area (Å²) < 4.78 is 2.04. The molecule has 2 heterocycles. The van der Waals surface area contributed by atoms with Crippen LogP contribution in [0.15, 0.2) is 41.2 Å². The van der Waals surface area contributed by atoms with Crippen LogP contribution in [0.4, 0.5) is 0 Å². The molecule has 0 spiro atoms. The highest BCUT2D eigenvalue weighted by Gasteiger charge is 1.95. The maximum atomic E-state index is 5.80. The fourth-order valence-corrected chi connectivity index (χ4v) is 2.41. The lowest BCUT2D eigenvalue weighted by molar-refractivity contribution is 0.649. The van der Waals surface area contributed by atoms with Crippen LogP contribution in [0, 0.1) is 0 Å². The van der Waals surface area contributed by atoms with Gasteiger partial charge in [-0.15, -0.1) is 35.3 Å². The van der Waals surface area contributed by atoms with Gasteiger partial charge in [0, 0.05) is 36.9 Å². The van der Waals surface area contributed by atoms with Crippen molar-refractivity contribution in [1.29, 1.82) is 0 Å². The van der Waals surface area contributed by atoms with Gasteiger partial charge in [0.1, 0.15) is 0 Å². The number of aromatic nitrogens is 2. The molecular weight excluding hydrogens is 385 g/mol. The summed E-state index contributed by atoms with van der Waals surface area (Å²) in [4.78, 5) is 9.65. The van der Waals surface area contributed by atoms with Crippen LogP contribution in [0.25, 0.3) is 0 Å². The summed E-state index contributed by atoms with van der Waals surface area (Å²) >= 11 is 1.77. The zero-order chi connectivity index (χ0) is 13.3. The van der Waals surface area contributed by atoms with E-state index >= 15 is 0 Å². The van der Waals surface area contributed by atoms with E-state index in [9.17, 15) is 0 Å². The van der Waals surface area contributed by atoms with Gasteiger partial charge in [-0.25, -0.2) is 4.98 Å². The number of halogens is 1. The number of nitrogens with zero attached hydrogens (tertiary/aromatic N) is 3. The number of thiophene rings is 1. The number of hydrogen-bond donors (Lipinski definition) is 2. The van der Waals surface area contributed by atoms with Crippen LogP contribution in [-0.4, -0.2) is 28.6 Å². The SMILES string of the molecule is I.NC(=NCCCn1ccnc1)NCCc1cccs1. The van der Waals surface area contributed by atoms with E-state index in [-0.39, 0.29) is 24.0 Å². The molecule has 0 aromatic carbocycles. The van der Waals surface area contributed by atoms with Crippen molar-refractivity contribution in [2.45, 2.75) is 19.4 Å². The third-order valence-electron chi connectivity index (χ3n) is 2.67. The number of hydrogen-bond acceptors (Lipinski definition) is 3. The summed E-state index contributed by atoms with van der Waals surface area (Å²) in [5.41, 5.74) is 5.80. The lowest BCUT2D eigenvalue weighted by Gasteiger charge is -2.04. The smallest absolute Gasteiger partial charge is 0.188 e. The first-order valence-electron chi connectivity index (χ1n) is 6.36. The number of rotatable bonds is 7. The molecule has 3 N–H and O–H groups in total. The minimum atomic E-state index is 0. The number of guanidine groups is 1. The monoisotopic (exact) mass is 405 g/mol. The second-order valence-corrected chi connectivity index (χ2v) is 5.21. The maximum Gasteiger partial charge on any atom is 0.188 e. The molecule has 2 aromatic heterocycles. The highest BCUT2D eigenvalue weighted by atomic mass is 127. The van der Waals surface area contributed by atoms with E-state index in [0.717, 1.165) is 32.5 Å². The van der Waals surface area contributed by atoms with Crippen molar-refractivity contribution in [3.05, 3.63) is 41.1 Å². The molecular formula is C13H20IN5S. The largest absolute Gasteiger partial charge is 0.370 e. The van der Waals surface area contributed by atoms with Gasteiger partial charge in [-0.3, -0.25) is 4.99 Å². The Bertz CT molecular complexity index is 481. The number of nitrogens with one attached hydrogen (secondary N) is 1. The highest BCUT2D eigenvalue weighted by Crippen LogP contribution is 2.07. The van der Waals surface area contributed by atoms with Gasteiger partial charge in [0.2, 0.25) is 0 Å². The lowest BCUT2D eigenvalue weighted by Crippen LogP contribution is -2.33. The summed E-state index contributed by atoms with van der Waals surface area (Å²) in [5.74, 6) is 0.530. The van der Waals surface area contributed by atoms with Crippen molar-refractivity contribution in [3.63, 3.8) is 0 Å². The Morgan fingerprint density at radius 2 is 2.40 bits per heavy atom. The van der Waals surface area contributed by atoms with Crippen LogP contribution in [-0.2, 0) is 13.0 Å². The van der Waals surface area contributed by atoms with E-state index in [4.69, 9.17) is 5.73 Å². The summed E-state index contributed by atoms with van der Waals surface area (Å²) in [6.45, 7) is 2.49. The van der Waals surface area contributed by atoms with Gasteiger partial charge in [-0.1, -0.05) is 6.07 Å². The molecule has 0 aliphatic carbocycles. The van der Waals surface area contributed by atoms with Crippen molar-refractivity contribution in [1.82, 2.24) is 14.9 Å². The van der Waals surface area contributed by atoms with Crippen LogP contribution in [0.3, 0.4) is 0 Å². The predicted molar refractivity (Wildman–Crippen MR) is 94.8 cm³/mol. The third kappa shape index (κ3) is 6.38. The summed E-state index contributed by atoms with van der Waals surface area (Å²) in [6, 6.07) is 4.19. The van der Waals surface area contributed by atoms with Crippen molar-refractivity contribution in [3.8, 4) is 0 Å². The fraction of sp³-hybridized carbons (Fsp3) is 0.385. The maximum absolute atomic E-state index is 5.80. The van der Waals surface area contributed by atoms with Gasteiger partial charge in [0.25, 0.3) is 0 Å². The molecule has 2 rings (SSSR count). The number of imidazole rings is 1. The van der Waals surface area contributed by atoms with Crippen LogP contribution in [0.1, 0.15) is 11.3 Å². The zero-order valence-corrected chi connectivity index (χ0v) is 14.4.